The molecule has 0 atom stereocenters. The molecule has 0 radical (unpaired) electrons. The lowest BCUT2D eigenvalue weighted by molar-refractivity contribution is 0.271. The summed E-state index contributed by atoms with van der Waals surface area (Å²) in [5, 5.41) is 0.758. The topological polar surface area (TPSA) is 32.3 Å². The average Bonchev–Trinajstić information content (AvgIpc) is 3.06. The summed E-state index contributed by atoms with van der Waals surface area (Å²) in [5.41, 5.74) is 2.19. The molecule has 3 aromatic rings. The Balaban J connectivity index is 1.69. The summed E-state index contributed by atoms with van der Waals surface area (Å²) in [4.78, 5) is 15.1. The molecule has 1 fully saturated rings. The molecular weight excluding hydrogens is 340 g/mol. The van der Waals surface area contributed by atoms with Crippen LogP contribution in [0.4, 0.5) is 5.82 Å². The lowest BCUT2D eigenvalue weighted by Gasteiger charge is -2.34. The maximum absolute atomic E-state index is 6.00. The van der Waals surface area contributed by atoms with Gasteiger partial charge in [0, 0.05) is 36.1 Å². The molecule has 1 aromatic carbocycles. The summed E-state index contributed by atoms with van der Waals surface area (Å²) in [6, 6.07) is 10.1. The quantitative estimate of drug-likeness (QED) is 0.704. The molecule has 1 aliphatic rings. The van der Waals surface area contributed by atoms with Gasteiger partial charge >= 0.3 is 0 Å². The number of rotatable bonds is 3. The van der Waals surface area contributed by atoms with E-state index in [1.165, 1.54) is 15.1 Å². The number of nitrogens with zero attached hydrogens (tertiary/aromatic N) is 4. The number of fused-ring (bicyclic) bond motifs is 1. The number of hydrogen-bond acceptors (Lipinski definition) is 5. The van der Waals surface area contributed by atoms with E-state index in [0.29, 0.717) is 0 Å². The molecule has 4 rings (SSSR count). The van der Waals surface area contributed by atoms with Gasteiger partial charge in [0.1, 0.15) is 12.1 Å². The smallest absolute Gasteiger partial charge is 0.150 e. The highest BCUT2D eigenvalue weighted by Gasteiger charge is 2.20. The fraction of sp³-hybridized carbons (Fsp3) is 0.333. The summed E-state index contributed by atoms with van der Waals surface area (Å²) in [7, 11) is 0. The zero-order valence-corrected chi connectivity index (χ0v) is 15.1. The molecule has 0 saturated carbocycles. The minimum atomic E-state index is 0.758. The van der Waals surface area contributed by atoms with Gasteiger partial charge in [-0.25, -0.2) is 9.97 Å². The third kappa shape index (κ3) is 2.99. The van der Waals surface area contributed by atoms with E-state index in [4.69, 9.17) is 11.6 Å². The zero-order chi connectivity index (χ0) is 16.5. The summed E-state index contributed by atoms with van der Waals surface area (Å²) in [5.74, 6) is 1.07. The molecule has 24 heavy (non-hydrogen) atoms. The number of piperazine rings is 1. The highest BCUT2D eigenvalue weighted by molar-refractivity contribution is 7.22. The Kier molecular flexibility index (Phi) is 4.39. The Morgan fingerprint density at radius 1 is 1.08 bits per heavy atom. The van der Waals surface area contributed by atoms with E-state index < -0.39 is 0 Å². The van der Waals surface area contributed by atoms with Gasteiger partial charge in [-0.3, -0.25) is 0 Å². The predicted molar refractivity (Wildman–Crippen MR) is 102 cm³/mol. The summed E-state index contributed by atoms with van der Waals surface area (Å²) < 4.78 is 1.17. The van der Waals surface area contributed by atoms with Crippen molar-refractivity contribution in [3.63, 3.8) is 0 Å². The minimum absolute atomic E-state index is 0.758. The number of halogens is 1. The van der Waals surface area contributed by atoms with E-state index in [2.05, 4.69) is 44.9 Å². The van der Waals surface area contributed by atoms with Crippen molar-refractivity contribution in [2.75, 3.05) is 37.6 Å². The van der Waals surface area contributed by atoms with Crippen LogP contribution in [0.15, 0.2) is 36.7 Å². The van der Waals surface area contributed by atoms with Gasteiger partial charge in [0.25, 0.3) is 0 Å². The highest BCUT2D eigenvalue weighted by atomic mass is 35.5. The van der Waals surface area contributed by atoms with Crippen molar-refractivity contribution in [3.8, 4) is 10.4 Å². The van der Waals surface area contributed by atoms with E-state index in [9.17, 15) is 0 Å². The van der Waals surface area contributed by atoms with Crippen molar-refractivity contribution in [2.45, 2.75) is 6.92 Å². The maximum atomic E-state index is 6.00. The van der Waals surface area contributed by atoms with E-state index in [-0.39, 0.29) is 0 Å². The maximum Gasteiger partial charge on any atom is 0.150 e. The van der Waals surface area contributed by atoms with Crippen LogP contribution in [0.1, 0.15) is 6.92 Å². The predicted octanol–water partition coefficient (Wildman–Crippen LogP) is 4.15. The number of hydrogen-bond donors (Lipinski definition) is 0. The molecule has 4 nitrogen and oxygen atoms in total. The van der Waals surface area contributed by atoms with Crippen molar-refractivity contribution in [2.24, 2.45) is 0 Å². The first-order chi connectivity index (χ1) is 11.7. The first-order valence-corrected chi connectivity index (χ1v) is 9.42. The van der Waals surface area contributed by atoms with Crippen LogP contribution in [0.25, 0.3) is 20.7 Å². The summed E-state index contributed by atoms with van der Waals surface area (Å²) >= 11 is 7.76. The van der Waals surface area contributed by atoms with Crippen molar-refractivity contribution >= 4 is 39.0 Å². The molecule has 0 spiro atoms. The van der Waals surface area contributed by atoms with E-state index >= 15 is 0 Å². The number of thiophene rings is 1. The fourth-order valence-electron chi connectivity index (χ4n) is 3.10. The largest absolute Gasteiger partial charge is 0.353 e. The van der Waals surface area contributed by atoms with Crippen molar-refractivity contribution < 1.29 is 0 Å². The second-order valence-electron chi connectivity index (χ2n) is 5.95. The van der Waals surface area contributed by atoms with Crippen LogP contribution in [-0.4, -0.2) is 47.6 Å². The average molecular weight is 359 g/mol. The second kappa shape index (κ2) is 6.67. The molecule has 1 aliphatic heterocycles. The van der Waals surface area contributed by atoms with Crippen molar-refractivity contribution in [1.82, 2.24) is 14.9 Å². The SMILES string of the molecule is CCN1CCN(c2ncnc3cc(-c4ccc(Cl)cc4)sc23)CC1. The molecule has 1 saturated heterocycles. The Bertz CT molecular complexity index is 838. The number of aromatic nitrogens is 2. The second-order valence-corrected chi connectivity index (χ2v) is 7.44. The van der Waals surface area contributed by atoms with Gasteiger partial charge in [-0.1, -0.05) is 30.7 Å². The fourth-order valence-corrected chi connectivity index (χ4v) is 4.36. The molecule has 0 N–H and O–H groups in total. The van der Waals surface area contributed by atoms with Crippen LogP contribution >= 0.6 is 22.9 Å². The van der Waals surface area contributed by atoms with E-state index in [0.717, 1.165) is 49.1 Å². The Morgan fingerprint density at radius 2 is 1.83 bits per heavy atom. The van der Waals surface area contributed by atoms with Crippen molar-refractivity contribution in [3.05, 3.63) is 41.7 Å². The molecule has 0 unspecified atom stereocenters. The van der Waals surface area contributed by atoms with Gasteiger partial charge in [-0.2, -0.15) is 0 Å². The van der Waals surface area contributed by atoms with Crippen LogP contribution in [0.3, 0.4) is 0 Å². The van der Waals surface area contributed by atoms with Gasteiger partial charge in [-0.05, 0) is 30.3 Å². The molecule has 3 heterocycles. The molecule has 2 aromatic heterocycles. The monoisotopic (exact) mass is 358 g/mol. The third-order valence-electron chi connectivity index (χ3n) is 4.54. The standard InChI is InChI=1S/C18H19ClN4S/c1-2-22-7-9-23(10-8-22)18-17-15(20-12-21-18)11-16(24-17)13-3-5-14(19)6-4-13/h3-6,11-12H,2,7-10H2,1H3. The van der Waals surface area contributed by atoms with Gasteiger partial charge in [0.2, 0.25) is 0 Å². The van der Waals surface area contributed by atoms with Gasteiger partial charge in [0.15, 0.2) is 0 Å². The number of anilines is 1. The first kappa shape index (κ1) is 15.8. The summed E-state index contributed by atoms with van der Waals surface area (Å²) in [6.45, 7) is 7.57. The Labute approximate surface area is 150 Å². The lowest BCUT2D eigenvalue weighted by atomic mass is 10.2. The number of benzene rings is 1. The van der Waals surface area contributed by atoms with E-state index in [1.54, 1.807) is 17.7 Å². The first-order valence-electron chi connectivity index (χ1n) is 8.22. The molecule has 0 aliphatic carbocycles. The molecule has 0 amide bonds. The van der Waals surface area contributed by atoms with Gasteiger partial charge < -0.3 is 9.80 Å². The molecular formula is C18H19ClN4S. The Morgan fingerprint density at radius 3 is 2.54 bits per heavy atom. The molecule has 6 heteroatoms. The van der Waals surface area contributed by atoms with Gasteiger partial charge in [-0.15, -0.1) is 11.3 Å². The van der Waals surface area contributed by atoms with Crippen LogP contribution in [0.5, 0.6) is 0 Å². The lowest BCUT2D eigenvalue weighted by Crippen LogP contribution is -2.46. The normalized spacial score (nSPS) is 16.0. The van der Waals surface area contributed by atoms with Crippen LogP contribution in [0.2, 0.25) is 5.02 Å². The number of likely N-dealkylation sites (N-methyl/N-ethyl adjacent to an activating group) is 1. The third-order valence-corrected chi connectivity index (χ3v) is 5.96. The van der Waals surface area contributed by atoms with Crippen LogP contribution < -0.4 is 4.90 Å². The summed E-state index contributed by atoms with van der Waals surface area (Å²) in [6.07, 6.45) is 1.68. The molecule has 124 valence electrons. The van der Waals surface area contributed by atoms with E-state index in [1.807, 2.05) is 12.1 Å². The highest BCUT2D eigenvalue weighted by Crippen LogP contribution is 2.37. The zero-order valence-electron chi connectivity index (χ0n) is 13.6. The van der Waals surface area contributed by atoms with Crippen LogP contribution in [0, 0.1) is 0 Å². The van der Waals surface area contributed by atoms with Crippen molar-refractivity contribution in [1.29, 1.82) is 0 Å². The van der Waals surface area contributed by atoms with Gasteiger partial charge in [0.05, 0.1) is 10.2 Å². The Hall–Kier alpha value is -1.69. The minimum Gasteiger partial charge on any atom is -0.353 e. The van der Waals surface area contributed by atoms with Crippen LogP contribution in [-0.2, 0) is 0 Å². The molecule has 0 bridgehead atoms.